The molecule has 0 aliphatic heterocycles. The standard InChI is InChI=1S/3H2O4S.V/c3*1-5(2,3)4;/h3*(H2,1,2,3,4);. The average molecular weight is 345 g/mol. The SMILES string of the molecule is O=S(=O)(O)O.O=S(=O)(O)O.O=S(=O)(O)O.[V]. The summed E-state index contributed by atoms with van der Waals surface area (Å²) in [7, 11) is -14.0. The fraction of sp³-hybridized carbons (Fsp3) is 0. The van der Waals surface area contributed by atoms with Gasteiger partial charge in [0.25, 0.3) is 0 Å². The molecule has 0 aromatic heterocycles. The van der Waals surface area contributed by atoms with E-state index in [4.69, 9.17) is 52.6 Å². The van der Waals surface area contributed by atoms with Crippen LogP contribution in [-0.4, -0.2) is 52.6 Å². The maximum absolute atomic E-state index is 8.74. The van der Waals surface area contributed by atoms with Crippen molar-refractivity contribution in [1.29, 1.82) is 0 Å². The summed E-state index contributed by atoms with van der Waals surface area (Å²) in [6, 6.07) is 0. The van der Waals surface area contributed by atoms with Gasteiger partial charge in [0.05, 0.1) is 0 Å². The van der Waals surface area contributed by atoms with Crippen molar-refractivity contribution < 1.29 is 71.1 Å². The summed E-state index contributed by atoms with van der Waals surface area (Å²) in [6.45, 7) is 0. The fourth-order valence-corrected chi connectivity index (χ4v) is 0. The quantitative estimate of drug-likeness (QED) is 0.263. The zero-order valence-electron chi connectivity index (χ0n) is 6.80. The molecule has 0 atom stereocenters. The second-order valence-corrected chi connectivity index (χ2v) is 4.03. The third kappa shape index (κ3) is 65400. The molecular formula is H6O12S3V. The van der Waals surface area contributed by atoms with Gasteiger partial charge in [0.1, 0.15) is 0 Å². The van der Waals surface area contributed by atoms with Crippen LogP contribution < -0.4 is 0 Å². The molecule has 0 aliphatic rings. The third-order valence-electron chi connectivity index (χ3n) is 0. The molecule has 0 heterocycles. The van der Waals surface area contributed by atoms with Crippen LogP contribution in [0.15, 0.2) is 0 Å². The maximum atomic E-state index is 8.74. The van der Waals surface area contributed by atoms with Crippen molar-refractivity contribution >= 4 is 31.2 Å². The first-order chi connectivity index (χ1) is 6.00. The smallest absolute Gasteiger partial charge is 0.264 e. The normalized spacial score (nSPS) is 10.9. The van der Waals surface area contributed by atoms with E-state index in [1.54, 1.807) is 0 Å². The molecule has 0 spiro atoms. The van der Waals surface area contributed by atoms with E-state index in [1.165, 1.54) is 0 Å². The van der Waals surface area contributed by atoms with Crippen molar-refractivity contribution in [3.05, 3.63) is 0 Å². The third-order valence-corrected chi connectivity index (χ3v) is 0. The van der Waals surface area contributed by atoms with Crippen LogP contribution in [0.5, 0.6) is 0 Å². The van der Waals surface area contributed by atoms with Crippen molar-refractivity contribution in [2.24, 2.45) is 0 Å². The van der Waals surface area contributed by atoms with Gasteiger partial charge in [-0.25, -0.2) is 0 Å². The van der Waals surface area contributed by atoms with Crippen molar-refractivity contribution in [2.75, 3.05) is 0 Å². The Morgan fingerprint density at radius 3 is 0.438 bits per heavy atom. The first-order valence-corrected chi connectivity index (χ1v) is 6.29. The van der Waals surface area contributed by atoms with E-state index in [0.29, 0.717) is 0 Å². The van der Waals surface area contributed by atoms with Gasteiger partial charge < -0.3 is 0 Å². The molecule has 12 nitrogen and oxygen atoms in total. The van der Waals surface area contributed by atoms with Crippen LogP contribution in [0.4, 0.5) is 0 Å². The van der Waals surface area contributed by atoms with Gasteiger partial charge in [-0.05, 0) is 0 Å². The van der Waals surface area contributed by atoms with Gasteiger partial charge in [-0.15, -0.1) is 0 Å². The number of rotatable bonds is 0. The molecule has 16 heteroatoms. The van der Waals surface area contributed by atoms with Crippen molar-refractivity contribution in [1.82, 2.24) is 0 Å². The van der Waals surface area contributed by atoms with Crippen LogP contribution in [0, 0.1) is 0 Å². The predicted molar refractivity (Wildman–Crippen MR) is 42.5 cm³/mol. The molecule has 0 rings (SSSR count). The Morgan fingerprint density at radius 1 is 0.438 bits per heavy atom. The first kappa shape index (κ1) is 25.1. The van der Waals surface area contributed by atoms with Crippen LogP contribution in [0.2, 0.25) is 0 Å². The molecule has 0 bridgehead atoms. The molecule has 0 amide bonds. The van der Waals surface area contributed by atoms with Crippen molar-refractivity contribution in [3.8, 4) is 0 Å². The van der Waals surface area contributed by atoms with E-state index in [0.717, 1.165) is 0 Å². The van der Waals surface area contributed by atoms with E-state index >= 15 is 0 Å². The van der Waals surface area contributed by atoms with Crippen LogP contribution in [0.3, 0.4) is 0 Å². The molecule has 0 unspecified atom stereocenters. The van der Waals surface area contributed by atoms with E-state index in [2.05, 4.69) is 0 Å². The molecule has 16 heavy (non-hydrogen) atoms. The monoisotopic (exact) mass is 345 g/mol. The summed E-state index contributed by atoms with van der Waals surface area (Å²) < 4.78 is 94.8. The minimum atomic E-state index is -4.67. The van der Waals surface area contributed by atoms with Crippen LogP contribution >= 0.6 is 0 Å². The van der Waals surface area contributed by atoms with Gasteiger partial charge in [-0.3, -0.25) is 27.3 Å². The molecule has 0 fully saturated rings. The predicted octanol–water partition coefficient (Wildman–Crippen LogP) is -1.96. The molecule has 101 valence electrons. The van der Waals surface area contributed by atoms with Crippen molar-refractivity contribution in [3.63, 3.8) is 0 Å². The average Bonchev–Trinajstić information content (AvgIpc) is 1.41. The minimum absolute atomic E-state index is 0. The summed E-state index contributed by atoms with van der Waals surface area (Å²) in [4.78, 5) is 0. The zero-order valence-corrected chi connectivity index (χ0v) is 10.7. The van der Waals surface area contributed by atoms with Crippen LogP contribution in [-0.2, 0) is 49.8 Å². The van der Waals surface area contributed by atoms with E-state index in [-0.39, 0.29) is 18.6 Å². The minimum Gasteiger partial charge on any atom is -0.264 e. The molecule has 0 aliphatic carbocycles. The van der Waals surface area contributed by atoms with E-state index in [1.807, 2.05) is 0 Å². The Morgan fingerprint density at radius 2 is 0.438 bits per heavy atom. The summed E-state index contributed by atoms with van der Waals surface area (Å²) in [6.07, 6.45) is 0. The summed E-state index contributed by atoms with van der Waals surface area (Å²) in [5, 5.41) is 0. The molecule has 0 saturated heterocycles. The first-order valence-electron chi connectivity index (χ1n) is 2.10. The van der Waals surface area contributed by atoms with Gasteiger partial charge in [0, 0.05) is 18.6 Å². The Hall–Kier alpha value is 0.194. The van der Waals surface area contributed by atoms with E-state index < -0.39 is 31.2 Å². The van der Waals surface area contributed by atoms with Gasteiger partial charge in [0.15, 0.2) is 0 Å². The van der Waals surface area contributed by atoms with Gasteiger partial charge in [-0.2, -0.15) is 25.3 Å². The fourth-order valence-electron chi connectivity index (χ4n) is 0. The van der Waals surface area contributed by atoms with Gasteiger partial charge >= 0.3 is 31.2 Å². The molecule has 0 aromatic carbocycles. The second kappa shape index (κ2) is 9.25. The van der Waals surface area contributed by atoms with Crippen LogP contribution in [0.25, 0.3) is 0 Å². The number of hydrogen-bond acceptors (Lipinski definition) is 6. The Balaban J connectivity index is -0.0000000655. The van der Waals surface area contributed by atoms with Crippen LogP contribution in [0.1, 0.15) is 0 Å². The topological polar surface area (TPSA) is 224 Å². The Kier molecular flexibility index (Phi) is 14.5. The zero-order chi connectivity index (χ0) is 13.5. The largest absolute Gasteiger partial charge is 0.394 e. The van der Waals surface area contributed by atoms with Crippen molar-refractivity contribution in [2.45, 2.75) is 0 Å². The van der Waals surface area contributed by atoms with Gasteiger partial charge in [-0.1, -0.05) is 0 Å². The molecule has 6 N–H and O–H groups in total. The molecule has 0 saturated carbocycles. The Bertz CT molecular complexity index is 337. The molecule has 1 radical (unpaired) electrons. The summed E-state index contributed by atoms with van der Waals surface area (Å²) in [5.74, 6) is 0. The van der Waals surface area contributed by atoms with Gasteiger partial charge in [0.2, 0.25) is 0 Å². The molecular weight excluding hydrogens is 339 g/mol. The number of hydrogen-bond donors (Lipinski definition) is 6. The summed E-state index contributed by atoms with van der Waals surface area (Å²) >= 11 is 0. The second-order valence-electron chi connectivity index (χ2n) is 1.34. The summed E-state index contributed by atoms with van der Waals surface area (Å²) in [5.41, 5.74) is 0. The Labute approximate surface area is 102 Å². The maximum Gasteiger partial charge on any atom is 0.394 e. The molecule has 0 aromatic rings. The van der Waals surface area contributed by atoms with E-state index in [9.17, 15) is 0 Å².